The third kappa shape index (κ3) is 2.48. The highest BCUT2D eigenvalue weighted by Gasteiger charge is 2.13. The van der Waals surface area contributed by atoms with Gasteiger partial charge in [-0.2, -0.15) is 0 Å². The van der Waals surface area contributed by atoms with Crippen molar-refractivity contribution in [3.63, 3.8) is 0 Å². The fraction of sp³-hybridized carbons (Fsp3) is 0.500. The third-order valence-electron chi connectivity index (χ3n) is 2.78. The van der Waals surface area contributed by atoms with Crippen molar-refractivity contribution in [2.45, 2.75) is 13.3 Å². The van der Waals surface area contributed by atoms with Crippen molar-refractivity contribution in [1.82, 2.24) is 5.32 Å². The van der Waals surface area contributed by atoms with E-state index in [1.165, 1.54) is 30.8 Å². The number of benzene rings is 1. The van der Waals surface area contributed by atoms with E-state index in [2.05, 4.69) is 41.8 Å². The monoisotopic (exact) mass is 190 g/mol. The Morgan fingerprint density at radius 1 is 1.50 bits per heavy atom. The Kier molecular flexibility index (Phi) is 3.04. The largest absolute Gasteiger partial charge is 0.385 e. The van der Waals surface area contributed by atoms with Crippen LogP contribution in [0.5, 0.6) is 0 Å². The molecule has 0 bridgehead atoms. The van der Waals surface area contributed by atoms with E-state index in [1.807, 2.05) is 0 Å². The van der Waals surface area contributed by atoms with Crippen LogP contribution in [0.3, 0.4) is 0 Å². The lowest BCUT2D eigenvalue weighted by Gasteiger charge is -2.11. The second-order valence-corrected chi connectivity index (χ2v) is 4.11. The summed E-state index contributed by atoms with van der Waals surface area (Å²) in [5.74, 6) is 0.801. The number of anilines is 1. The first-order valence-electron chi connectivity index (χ1n) is 5.36. The van der Waals surface area contributed by atoms with Crippen LogP contribution in [0.2, 0.25) is 0 Å². The van der Waals surface area contributed by atoms with Gasteiger partial charge in [0.25, 0.3) is 0 Å². The molecule has 2 N–H and O–H groups in total. The highest BCUT2D eigenvalue weighted by atomic mass is 14.9. The summed E-state index contributed by atoms with van der Waals surface area (Å²) in [6.07, 6.45) is 1.30. The van der Waals surface area contributed by atoms with E-state index < -0.39 is 0 Å². The van der Waals surface area contributed by atoms with Crippen LogP contribution >= 0.6 is 0 Å². The van der Waals surface area contributed by atoms with Gasteiger partial charge in [-0.05, 0) is 50.0 Å². The van der Waals surface area contributed by atoms with E-state index in [1.54, 1.807) is 0 Å². The van der Waals surface area contributed by atoms with Gasteiger partial charge >= 0.3 is 0 Å². The predicted molar refractivity (Wildman–Crippen MR) is 60.6 cm³/mol. The predicted octanol–water partition coefficient (Wildman–Crippen LogP) is 2.02. The number of nitrogens with one attached hydrogen (secondary N) is 2. The smallest absolute Gasteiger partial charge is 0.0342 e. The van der Waals surface area contributed by atoms with Gasteiger partial charge in [0.2, 0.25) is 0 Å². The summed E-state index contributed by atoms with van der Waals surface area (Å²) in [7, 11) is 0. The Morgan fingerprint density at radius 3 is 3.14 bits per heavy atom. The van der Waals surface area contributed by atoms with Gasteiger partial charge in [0.1, 0.15) is 0 Å². The van der Waals surface area contributed by atoms with Gasteiger partial charge in [-0.15, -0.1) is 0 Å². The molecule has 1 aliphatic rings. The van der Waals surface area contributed by atoms with Gasteiger partial charge in [0, 0.05) is 12.2 Å². The molecule has 1 saturated heterocycles. The minimum Gasteiger partial charge on any atom is -0.385 e. The molecule has 1 aliphatic heterocycles. The van der Waals surface area contributed by atoms with Crippen LogP contribution in [-0.4, -0.2) is 19.6 Å². The summed E-state index contributed by atoms with van der Waals surface area (Å²) < 4.78 is 0. The number of aryl methyl sites for hydroxylation is 1. The van der Waals surface area contributed by atoms with Crippen molar-refractivity contribution in [3.05, 3.63) is 29.8 Å². The maximum absolute atomic E-state index is 3.49. The van der Waals surface area contributed by atoms with E-state index in [0.717, 1.165) is 12.5 Å². The molecule has 1 aromatic carbocycles. The Morgan fingerprint density at radius 2 is 2.43 bits per heavy atom. The van der Waals surface area contributed by atoms with Crippen molar-refractivity contribution < 1.29 is 0 Å². The van der Waals surface area contributed by atoms with Gasteiger partial charge in [-0.25, -0.2) is 0 Å². The van der Waals surface area contributed by atoms with Crippen molar-refractivity contribution in [3.8, 4) is 0 Å². The first-order valence-corrected chi connectivity index (χ1v) is 5.36. The van der Waals surface area contributed by atoms with Crippen LogP contribution in [0, 0.1) is 12.8 Å². The lowest BCUT2D eigenvalue weighted by atomic mass is 10.1. The summed E-state index contributed by atoms with van der Waals surface area (Å²) in [6.45, 7) is 5.57. The topological polar surface area (TPSA) is 24.1 Å². The number of hydrogen-bond acceptors (Lipinski definition) is 2. The molecule has 14 heavy (non-hydrogen) atoms. The van der Waals surface area contributed by atoms with Crippen LogP contribution in [0.4, 0.5) is 5.69 Å². The van der Waals surface area contributed by atoms with Crippen LogP contribution in [-0.2, 0) is 0 Å². The molecule has 0 aliphatic carbocycles. The third-order valence-corrected chi connectivity index (χ3v) is 2.78. The van der Waals surface area contributed by atoms with E-state index in [9.17, 15) is 0 Å². The quantitative estimate of drug-likeness (QED) is 0.762. The molecule has 1 fully saturated rings. The van der Waals surface area contributed by atoms with Crippen LogP contribution in [0.1, 0.15) is 12.0 Å². The molecule has 0 radical (unpaired) electrons. The Bertz CT molecular complexity index is 290. The zero-order valence-corrected chi connectivity index (χ0v) is 8.72. The van der Waals surface area contributed by atoms with E-state index >= 15 is 0 Å². The molecule has 0 amide bonds. The highest BCUT2D eigenvalue weighted by Crippen LogP contribution is 2.12. The molecular weight excluding hydrogens is 172 g/mol. The molecule has 0 spiro atoms. The summed E-state index contributed by atoms with van der Waals surface area (Å²) in [6, 6.07) is 8.56. The molecule has 2 rings (SSSR count). The van der Waals surface area contributed by atoms with Gasteiger partial charge in [-0.3, -0.25) is 0 Å². The number of rotatable bonds is 3. The first kappa shape index (κ1) is 9.53. The standard InChI is InChI=1S/C12H18N2/c1-10-3-2-4-12(7-10)14-9-11-5-6-13-8-11/h2-4,7,11,13-14H,5-6,8-9H2,1H3. The van der Waals surface area contributed by atoms with Gasteiger partial charge in [-0.1, -0.05) is 12.1 Å². The lowest BCUT2D eigenvalue weighted by Crippen LogP contribution is -2.17. The molecule has 2 nitrogen and oxygen atoms in total. The summed E-state index contributed by atoms with van der Waals surface area (Å²) in [5.41, 5.74) is 2.57. The average molecular weight is 190 g/mol. The zero-order chi connectivity index (χ0) is 9.80. The second kappa shape index (κ2) is 4.47. The summed E-state index contributed by atoms with van der Waals surface area (Å²) in [4.78, 5) is 0. The molecule has 1 unspecified atom stereocenters. The van der Waals surface area contributed by atoms with Crippen molar-refractivity contribution in [2.24, 2.45) is 5.92 Å². The Balaban J connectivity index is 1.85. The first-order chi connectivity index (χ1) is 6.84. The van der Waals surface area contributed by atoms with Crippen molar-refractivity contribution in [1.29, 1.82) is 0 Å². The number of hydrogen-bond donors (Lipinski definition) is 2. The molecule has 2 heteroatoms. The fourth-order valence-electron chi connectivity index (χ4n) is 1.91. The van der Waals surface area contributed by atoms with Crippen LogP contribution < -0.4 is 10.6 Å². The fourth-order valence-corrected chi connectivity index (χ4v) is 1.91. The minimum absolute atomic E-state index is 0.801. The molecule has 0 aromatic heterocycles. The van der Waals surface area contributed by atoms with Gasteiger partial charge < -0.3 is 10.6 Å². The lowest BCUT2D eigenvalue weighted by molar-refractivity contribution is 0.615. The Labute approximate surface area is 85.7 Å². The highest BCUT2D eigenvalue weighted by molar-refractivity contribution is 5.45. The molecule has 76 valence electrons. The maximum Gasteiger partial charge on any atom is 0.0342 e. The summed E-state index contributed by atoms with van der Waals surface area (Å²) in [5, 5.41) is 6.87. The van der Waals surface area contributed by atoms with Gasteiger partial charge in [0.05, 0.1) is 0 Å². The van der Waals surface area contributed by atoms with E-state index in [0.29, 0.717) is 0 Å². The molecule has 0 saturated carbocycles. The second-order valence-electron chi connectivity index (χ2n) is 4.11. The van der Waals surface area contributed by atoms with Crippen LogP contribution in [0.25, 0.3) is 0 Å². The zero-order valence-electron chi connectivity index (χ0n) is 8.72. The van der Waals surface area contributed by atoms with Crippen LogP contribution in [0.15, 0.2) is 24.3 Å². The normalized spacial score (nSPS) is 21.1. The SMILES string of the molecule is Cc1cccc(NCC2CCNC2)c1. The van der Waals surface area contributed by atoms with Crippen molar-refractivity contribution >= 4 is 5.69 Å². The Hall–Kier alpha value is -1.02. The molecule has 1 heterocycles. The maximum atomic E-state index is 3.49. The molecule has 1 aromatic rings. The average Bonchev–Trinajstić information content (AvgIpc) is 2.67. The minimum atomic E-state index is 0.801. The molecule has 1 atom stereocenters. The van der Waals surface area contributed by atoms with E-state index in [4.69, 9.17) is 0 Å². The molecular formula is C12H18N2. The van der Waals surface area contributed by atoms with Crippen molar-refractivity contribution in [2.75, 3.05) is 25.0 Å². The van der Waals surface area contributed by atoms with E-state index in [-0.39, 0.29) is 0 Å². The summed E-state index contributed by atoms with van der Waals surface area (Å²) >= 11 is 0. The van der Waals surface area contributed by atoms with Gasteiger partial charge in [0.15, 0.2) is 0 Å².